The van der Waals surface area contributed by atoms with E-state index in [4.69, 9.17) is 0 Å². The third kappa shape index (κ3) is 5.76. The number of aliphatic carboxylic acids is 1. The van der Waals surface area contributed by atoms with Gasteiger partial charge in [-0.05, 0) is 11.4 Å². The van der Waals surface area contributed by atoms with Crippen LogP contribution in [0.1, 0.15) is 23.0 Å². The number of amides is 2. The van der Waals surface area contributed by atoms with Crippen molar-refractivity contribution in [3.05, 3.63) is 16.3 Å². The lowest BCUT2D eigenvalue weighted by Crippen LogP contribution is -2.50. The summed E-state index contributed by atoms with van der Waals surface area (Å²) in [6.45, 7) is 3.97. The first-order valence-corrected chi connectivity index (χ1v) is 9.36. The number of piperazine rings is 1. The zero-order chi connectivity index (χ0) is 20.0. The number of methoxy groups -OCH3 is 1. The minimum atomic E-state index is -1.06. The molecule has 1 saturated heterocycles. The number of rotatable bonds is 7. The monoisotopic (exact) mass is 397 g/mol. The molecule has 2 N–H and O–H groups in total. The van der Waals surface area contributed by atoms with Gasteiger partial charge in [-0.25, -0.2) is 4.79 Å². The van der Waals surface area contributed by atoms with E-state index in [1.165, 1.54) is 14.0 Å². The molecule has 0 saturated carbocycles. The second kappa shape index (κ2) is 9.47. The Balaban J connectivity index is 1.91. The zero-order valence-electron chi connectivity index (χ0n) is 15.3. The third-order valence-electron chi connectivity index (χ3n) is 4.39. The largest absolute Gasteiger partial charge is 0.481 e. The average Bonchev–Trinajstić information content (AvgIpc) is 3.08. The molecular formula is C17H23N3O6S. The molecule has 9 nitrogen and oxygen atoms in total. The highest BCUT2D eigenvalue weighted by molar-refractivity contribution is 7.12. The van der Waals surface area contributed by atoms with Gasteiger partial charge in [-0.2, -0.15) is 0 Å². The number of anilines is 1. The summed E-state index contributed by atoms with van der Waals surface area (Å²) in [7, 11) is 1.25. The van der Waals surface area contributed by atoms with E-state index < -0.39 is 23.8 Å². The van der Waals surface area contributed by atoms with Crippen molar-refractivity contribution in [3.8, 4) is 0 Å². The molecule has 1 fully saturated rings. The molecule has 1 aromatic heterocycles. The Labute approximate surface area is 160 Å². The second-order valence-corrected chi connectivity index (χ2v) is 7.17. The number of nitrogens with zero attached hydrogens (tertiary/aromatic N) is 2. The molecule has 0 bridgehead atoms. The van der Waals surface area contributed by atoms with E-state index in [2.05, 4.69) is 10.1 Å². The van der Waals surface area contributed by atoms with Crippen molar-refractivity contribution >= 4 is 40.8 Å². The van der Waals surface area contributed by atoms with Gasteiger partial charge in [-0.3, -0.25) is 19.3 Å². The molecular weight excluding hydrogens is 374 g/mol. The predicted molar refractivity (Wildman–Crippen MR) is 98.7 cm³/mol. The van der Waals surface area contributed by atoms with Crippen LogP contribution in [0.2, 0.25) is 0 Å². The SMILES string of the molecule is COC(=O)c1sccc1NC(=O)CC(CN1CCN(C(C)=O)CC1)C(=O)O. The lowest BCUT2D eigenvalue weighted by Gasteiger charge is -2.35. The summed E-state index contributed by atoms with van der Waals surface area (Å²) in [6.07, 6.45) is -0.210. The number of carboxylic acid groups (broad SMARTS) is 1. The summed E-state index contributed by atoms with van der Waals surface area (Å²) in [5.41, 5.74) is 0.316. The quantitative estimate of drug-likeness (QED) is 0.652. The summed E-state index contributed by atoms with van der Waals surface area (Å²) in [5, 5.41) is 13.7. The Bertz CT molecular complexity index is 711. The highest BCUT2D eigenvalue weighted by Gasteiger charge is 2.27. The minimum Gasteiger partial charge on any atom is -0.481 e. The maximum absolute atomic E-state index is 12.3. The lowest BCUT2D eigenvalue weighted by molar-refractivity contribution is -0.144. The molecule has 0 spiro atoms. The average molecular weight is 397 g/mol. The van der Waals surface area contributed by atoms with Gasteiger partial charge in [0.15, 0.2) is 0 Å². The maximum atomic E-state index is 12.3. The molecule has 0 aromatic carbocycles. The van der Waals surface area contributed by atoms with Crippen molar-refractivity contribution < 1.29 is 29.0 Å². The first-order chi connectivity index (χ1) is 12.8. The van der Waals surface area contributed by atoms with Crippen LogP contribution in [0, 0.1) is 5.92 Å². The summed E-state index contributed by atoms with van der Waals surface area (Å²) in [6, 6.07) is 1.57. The number of carboxylic acids is 1. The standard InChI is InChI=1S/C17H23N3O6S/c1-11(21)20-6-4-19(5-7-20)10-12(16(23)24)9-14(22)18-13-3-8-27-15(13)17(25)26-2/h3,8,12H,4-7,9-10H2,1-2H3,(H,18,22)(H,23,24). The van der Waals surface area contributed by atoms with Crippen molar-refractivity contribution in [3.63, 3.8) is 0 Å². The van der Waals surface area contributed by atoms with Crippen molar-refractivity contribution in [2.75, 3.05) is 45.2 Å². The van der Waals surface area contributed by atoms with Crippen LogP contribution >= 0.6 is 11.3 Å². The van der Waals surface area contributed by atoms with Gasteiger partial charge >= 0.3 is 11.9 Å². The van der Waals surface area contributed by atoms with E-state index in [9.17, 15) is 24.3 Å². The van der Waals surface area contributed by atoms with Crippen molar-refractivity contribution in [1.82, 2.24) is 9.80 Å². The highest BCUT2D eigenvalue weighted by atomic mass is 32.1. The van der Waals surface area contributed by atoms with Crippen LogP contribution in [0.15, 0.2) is 11.4 Å². The molecule has 1 atom stereocenters. The smallest absolute Gasteiger partial charge is 0.350 e. The van der Waals surface area contributed by atoms with Crippen LogP contribution in [0.5, 0.6) is 0 Å². The van der Waals surface area contributed by atoms with Gasteiger partial charge in [0.1, 0.15) is 4.88 Å². The number of carbonyl (C=O) groups excluding carboxylic acids is 3. The van der Waals surface area contributed by atoms with E-state index in [1.54, 1.807) is 16.3 Å². The fourth-order valence-corrected chi connectivity index (χ4v) is 3.64. The molecule has 0 radical (unpaired) electrons. The van der Waals surface area contributed by atoms with E-state index >= 15 is 0 Å². The van der Waals surface area contributed by atoms with E-state index in [-0.39, 0.29) is 23.7 Å². The van der Waals surface area contributed by atoms with Gasteiger partial charge in [-0.1, -0.05) is 0 Å². The first kappa shape index (κ1) is 20.8. The fraction of sp³-hybridized carbons (Fsp3) is 0.529. The fourth-order valence-electron chi connectivity index (χ4n) is 2.87. The lowest BCUT2D eigenvalue weighted by atomic mass is 10.0. The Hall–Kier alpha value is -2.46. The molecule has 1 aliphatic heterocycles. The molecule has 27 heavy (non-hydrogen) atoms. The highest BCUT2D eigenvalue weighted by Crippen LogP contribution is 2.23. The maximum Gasteiger partial charge on any atom is 0.350 e. The third-order valence-corrected chi connectivity index (χ3v) is 5.28. The van der Waals surface area contributed by atoms with Crippen LogP contribution < -0.4 is 5.32 Å². The van der Waals surface area contributed by atoms with Crippen LogP contribution in [0.3, 0.4) is 0 Å². The van der Waals surface area contributed by atoms with Gasteiger partial charge in [-0.15, -0.1) is 11.3 Å². The Morgan fingerprint density at radius 2 is 1.93 bits per heavy atom. The number of esters is 1. The van der Waals surface area contributed by atoms with Gasteiger partial charge in [0.25, 0.3) is 0 Å². The van der Waals surface area contributed by atoms with Crippen LogP contribution in [-0.4, -0.2) is 78.5 Å². The van der Waals surface area contributed by atoms with Crippen molar-refractivity contribution in [2.24, 2.45) is 5.92 Å². The number of hydrogen-bond acceptors (Lipinski definition) is 7. The van der Waals surface area contributed by atoms with Gasteiger partial charge < -0.3 is 20.1 Å². The molecule has 2 rings (SSSR count). The van der Waals surface area contributed by atoms with Crippen molar-refractivity contribution in [1.29, 1.82) is 0 Å². The number of hydrogen-bond donors (Lipinski definition) is 2. The molecule has 0 aliphatic carbocycles. The molecule has 2 heterocycles. The second-order valence-electron chi connectivity index (χ2n) is 6.25. The number of carbonyl (C=O) groups is 4. The number of thiophene rings is 1. The van der Waals surface area contributed by atoms with Gasteiger partial charge in [0, 0.05) is 46.1 Å². The molecule has 1 aliphatic rings. The molecule has 2 amide bonds. The van der Waals surface area contributed by atoms with E-state index in [0.717, 1.165) is 11.3 Å². The Kier molecular flexibility index (Phi) is 7.31. The van der Waals surface area contributed by atoms with E-state index in [0.29, 0.717) is 31.9 Å². The Morgan fingerprint density at radius 3 is 2.48 bits per heavy atom. The van der Waals surface area contributed by atoms with Crippen LogP contribution in [0.25, 0.3) is 0 Å². The van der Waals surface area contributed by atoms with E-state index in [1.807, 2.05) is 4.90 Å². The van der Waals surface area contributed by atoms with Gasteiger partial charge in [0.05, 0.1) is 18.7 Å². The topological polar surface area (TPSA) is 116 Å². The molecule has 148 valence electrons. The zero-order valence-corrected chi connectivity index (χ0v) is 16.1. The van der Waals surface area contributed by atoms with Crippen LogP contribution in [0.4, 0.5) is 5.69 Å². The van der Waals surface area contributed by atoms with Gasteiger partial charge in [0.2, 0.25) is 11.8 Å². The summed E-state index contributed by atoms with van der Waals surface area (Å²) < 4.78 is 4.65. The van der Waals surface area contributed by atoms with Crippen molar-refractivity contribution in [2.45, 2.75) is 13.3 Å². The normalized spacial score (nSPS) is 15.9. The minimum absolute atomic E-state index is 0.000912. The van der Waals surface area contributed by atoms with Crippen LogP contribution in [-0.2, 0) is 19.1 Å². The first-order valence-electron chi connectivity index (χ1n) is 8.48. The molecule has 1 aromatic rings. The number of ether oxygens (including phenoxy) is 1. The predicted octanol–water partition coefficient (Wildman–Crippen LogP) is 0.728. The molecule has 1 unspecified atom stereocenters. The summed E-state index contributed by atoms with van der Waals surface area (Å²) in [4.78, 5) is 50.8. The Morgan fingerprint density at radius 1 is 1.26 bits per heavy atom. The summed E-state index contributed by atoms with van der Waals surface area (Å²) >= 11 is 1.13. The molecule has 10 heteroatoms. The number of nitrogens with one attached hydrogen (secondary N) is 1. The summed E-state index contributed by atoms with van der Waals surface area (Å²) in [5.74, 6) is -2.97.